The molecule has 0 aliphatic rings. The molecule has 23 heavy (non-hydrogen) atoms. The van der Waals surface area contributed by atoms with Gasteiger partial charge in [-0.3, -0.25) is 4.79 Å². The monoisotopic (exact) mass is 337 g/mol. The number of rotatable bonds is 6. The van der Waals surface area contributed by atoms with E-state index in [2.05, 4.69) is 10.5 Å². The summed E-state index contributed by atoms with van der Waals surface area (Å²) in [7, 11) is 1.48. The first-order valence-corrected chi connectivity index (χ1v) is 7.77. The minimum absolute atomic E-state index is 0.297. The summed E-state index contributed by atoms with van der Waals surface area (Å²) in [6.45, 7) is 4.30. The number of nitrogens with two attached hydrogens (primary N) is 1. The average molecular weight is 338 g/mol. The highest BCUT2D eigenvalue weighted by Crippen LogP contribution is 2.29. The molecule has 0 aliphatic heterocycles. The van der Waals surface area contributed by atoms with Crippen LogP contribution in [0.1, 0.15) is 41.2 Å². The fourth-order valence-corrected chi connectivity index (χ4v) is 2.48. The molecule has 2 aromatic rings. The van der Waals surface area contributed by atoms with Crippen LogP contribution in [0.25, 0.3) is 0 Å². The van der Waals surface area contributed by atoms with Gasteiger partial charge in [-0.25, -0.2) is 0 Å². The fraction of sp³-hybridized carbons (Fsp3) is 0.375. The predicted molar refractivity (Wildman–Crippen MR) is 88.8 cm³/mol. The quantitative estimate of drug-likeness (QED) is 0.791. The number of nitrogen functional groups attached to an aromatic ring is 1. The van der Waals surface area contributed by atoms with Crippen molar-refractivity contribution in [3.05, 3.63) is 39.7 Å². The molecule has 7 heteroatoms. The molecule has 1 amide bonds. The first kappa shape index (κ1) is 17.1. The van der Waals surface area contributed by atoms with Crippen molar-refractivity contribution in [2.75, 3.05) is 12.8 Å². The minimum atomic E-state index is -0.297. The summed E-state index contributed by atoms with van der Waals surface area (Å²) < 4.78 is 10.5. The summed E-state index contributed by atoms with van der Waals surface area (Å²) in [5.74, 6) is 0.861. The van der Waals surface area contributed by atoms with Crippen molar-refractivity contribution in [2.45, 2.75) is 33.2 Å². The molecule has 1 aromatic heterocycles. The molecule has 1 aromatic carbocycles. The highest BCUT2D eigenvalue weighted by Gasteiger charge is 2.18. The summed E-state index contributed by atoms with van der Waals surface area (Å²) >= 11 is 6.00. The normalized spacial score (nSPS) is 10.6. The molecule has 124 valence electrons. The lowest BCUT2D eigenvalue weighted by atomic mass is 10.1. The lowest BCUT2D eigenvalue weighted by Gasteiger charge is -2.11. The number of methoxy groups -OCH3 is 1. The van der Waals surface area contributed by atoms with Gasteiger partial charge in [0.15, 0.2) is 0 Å². The van der Waals surface area contributed by atoms with Gasteiger partial charge in [-0.05, 0) is 12.5 Å². The van der Waals surface area contributed by atoms with Gasteiger partial charge in [-0.15, -0.1) is 0 Å². The van der Waals surface area contributed by atoms with Crippen LogP contribution in [-0.2, 0) is 19.4 Å². The average Bonchev–Trinajstić information content (AvgIpc) is 2.96. The first-order valence-electron chi connectivity index (χ1n) is 7.39. The molecule has 3 N–H and O–H groups in total. The minimum Gasteiger partial charge on any atom is -0.496 e. The molecular formula is C16H20ClN3O3. The van der Waals surface area contributed by atoms with Crippen LogP contribution in [0, 0.1) is 0 Å². The van der Waals surface area contributed by atoms with Crippen molar-refractivity contribution in [1.82, 2.24) is 10.5 Å². The van der Waals surface area contributed by atoms with Gasteiger partial charge in [-0.1, -0.05) is 30.6 Å². The predicted octanol–water partition coefficient (Wildman–Crippen LogP) is 2.97. The third-order valence-electron chi connectivity index (χ3n) is 3.60. The van der Waals surface area contributed by atoms with Gasteiger partial charge in [-0.2, -0.15) is 0 Å². The Morgan fingerprint density at radius 1 is 1.39 bits per heavy atom. The van der Waals surface area contributed by atoms with Crippen molar-refractivity contribution in [3.8, 4) is 5.75 Å². The van der Waals surface area contributed by atoms with Gasteiger partial charge in [0.05, 0.1) is 29.1 Å². The number of amides is 1. The summed E-state index contributed by atoms with van der Waals surface area (Å²) in [5, 5.41) is 7.19. The number of nitrogens with one attached hydrogen (secondary N) is 1. The van der Waals surface area contributed by atoms with E-state index in [4.69, 9.17) is 26.6 Å². The lowest BCUT2D eigenvalue weighted by Crippen LogP contribution is -2.24. The third kappa shape index (κ3) is 3.59. The molecule has 0 saturated heterocycles. The Labute approximate surface area is 139 Å². The van der Waals surface area contributed by atoms with E-state index in [9.17, 15) is 4.79 Å². The van der Waals surface area contributed by atoms with Crippen molar-refractivity contribution in [1.29, 1.82) is 0 Å². The topological polar surface area (TPSA) is 90.4 Å². The number of hydrogen-bond acceptors (Lipinski definition) is 5. The Morgan fingerprint density at radius 2 is 2.13 bits per heavy atom. The highest BCUT2D eigenvalue weighted by molar-refractivity contribution is 6.33. The second kappa shape index (κ2) is 7.37. The van der Waals surface area contributed by atoms with Gasteiger partial charge < -0.3 is 20.3 Å². The SMILES string of the molecule is CCc1noc(CC)c1CNC(=O)c1cc(Cl)c(N)cc1OC. The number of hydrogen-bond donors (Lipinski definition) is 2. The molecule has 0 aliphatic carbocycles. The third-order valence-corrected chi connectivity index (χ3v) is 3.92. The zero-order valence-corrected chi connectivity index (χ0v) is 14.2. The second-order valence-corrected chi connectivity index (χ2v) is 5.40. The Bertz CT molecular complexity index is 691. The number of aromatic nitrogens is 1. The van der Waals surface area contributed by atoms with Crippen LogP contribution >= 0.6 is 11.6 Å². The first-order chi connectivity index (χ1) is 11.0. The maximum atomic E-state index is 12.4. The number of aryl methyl sites for hydroxylation is 2. The van der Waals surface area contributed by atoms with E-state index in [1.165, 1.54) is 19.2 Å². The highest BCUT2D eigenvalue weighted by atomic mass is 35.5. The van der Waals surface area contributed by atoms with Gasteiger partial charge in [0.25, 0.3) is 5.91 Å². The zero-order chi connectivity index (χ0) is 17.0. The second-order valence-electron chi connectivity index (χ2n) is 4.99. The van der Waals surface area contributed by atoms with Crippen LogP contribution in [0.4, 0.5) is 5.69 Å². The molecule has 6 nitrogen and oxygen atoms in total. The number of benzene rings is 1. The van der Waals surface area contributed by atoms with E-state index >= 15 is 0 Å². The van der Waals surface area contributed by atoms with Crippen LogP contribution in [0.15, 0.2) is 16.7 Å². The molecule has 0 bridgehead atoms. The maximum absolute atomic E-state index is 12.4. The van der Waals surface area contributed by atoms with Crippen LogP contribution in [0.3, 0.4) is 0 Å². The Balaban J connectivity index is 2.20. The van der Waals surface area contributed by atoms with Crippen LogP contribution < -0.4 is 15.8 Å². The maximum Gasteiger partial charge on any atom is 0.255 e. The molecule has 0 spiro atoms. The Hall–Kier alpha value is -2.21. The molecule has 0 radical (unpaired) electrons. The van der Waals surface area contributed by atoms with Crippen LogP contribution in [0.2, 0.25) is 5.02 Å². The molecule has 1 heterocycles. The summed E-state index contributed by atoms with van der Waals surface area (Å²) in [5.41, 5.74) is 8.19. The zero-order valence-electron chi connectivity index (χ0n) is 13.4. The van der Waals surface area contributed by atoms with E-state index in [-0.39, 0.29) is 5.91 Å². The molecular weight excluding hydrogens is 318 g/mol. The smallest absolute Gasteiger partial charge is 0.255 e. The standard InChI is InChI=1S/C16H20ClN3O3/c1-4-13-10(14(5-2)23-20-13)8-19-16(21)9-6-11(17)12(18)7-15(9)22-3/h6-7H,4-5,8,18H2,1-3H3,(H,19,21). The number of anilines is 1. The van der Waals surface area contributed by atoms with E-state index in [0.717, 1.165) is 29.9 Å². The van der Waals surface area contributed by atoms with E-state index in [1.807, 2.05) is 13.8 Å². The van der Waals surface area contributed by atoms with Gasteiger partial charge in [0.1, 0.15) is 11.5 Å². The number of nitrogens with zero attached hydrogens (tertiary/aromatic N) is 1. The van der Waals surface area contributed by atoms with Crippen molar-refractivity contribution in [3.63, 3.8) is 0 Å². The number of ether oxygens (including phenoxy) is 1. The Kier molecular flexibility index (Phi) is 5.50. The molecule has 0 unspecified atom stereocenters. The van der Waals surface area contributed by atoms with Crippen LogP contribution in [0.5, 0.6) is 5.75 Å². The van der Waals surface area contributed by atoms with E-state index in [1.54, 1.807) is 0 Å². The largest absolute Gasteiger partial charge is 0.496 e. The molecule has 2 rings (SSSR count). The van der Waals surface area contributed by atoms with Crippen molar-refractivity contribution >= 4 is 23.2 Å². The van der Waals surface area contributed by atoms with Gasteiger partial charge in [0, 0.05) is 24.6 Å². The Morgan fingerprint density at radius 3 is 2.74 bits per heavy atom. The van der Waals surface area contributed by atoms with Gasteiger partial charge in [0.2, 0.25) is 0 Å². The number of halogens is 1. The van der Waals surface area contributed by atoms with E-state index < -0.39 is 0 Å². The number of carbonyl (C=O) groups excluding carboxylic acids is 1. The van der Waals surface area contributed by atoms with Gasteiger partial charge >= 0.3 is 0 Å². The van der Waals surface area contributed by atoms with E-state index in [0.29, 0.717) is 28.6 Å². The molecule has 0 fully saturated rings. The summed E-state index contributed by atoms with van der Waals surface area (Å²) in [4.78, 5) is 12.4. The summed E-state index contributed by atoms with van der Waals surface area (Å²) in [6, 6.07) is 3.03. The van der Waals surface area contributed by atoms with Crippen LogP contribution in [-0.4, -0.2) is 18.2 Å². The summed E-state index contributed by atoms with van der Waals surface area (Å²) in [6.07, 6.45) is 1.46. The molecule has 0 saturated carbocycles. The molecule has 0 atom stereocenters. The van der Waals surface area contributed by atoms with Crippen molar-refractivity contribution < 1.29 is 14.1 Å². The van der Waals surface area contributed by atoms with Crippen molar-refractivity contribution in [2.24, 2.45) is 0 Å². The fourth-order valence-electron chi connectivity index (χ4n) is 2.32. The number of carbonyl (C=O) groups is 1. The lowest BCUT2D eigenvalue weighted by molar-refractivity contribution is 0.0947.